The molecule has 2 amide bonds. The number of urea groups is 1. The number of piperazine rings is 1. The van der Waals surface area contributed by atoms with Crippen LogP contribution in [-0.2, 0) is 12.1 Å². The van der Waals surface area contributed by atoms with Gasteiger partial charge in [0.05, 0.1) is 24.0 Å². The van der Waals surface area contributed by atoms with Gasteiger partial charge in [-0.1, -0.05) is 0 Å². The molecule has 10 heteroatoms. The highest BCUT2D eigenvalue weighted by molar-refractivity contribution is 5.78. The second-order valence-corrected chi connectivity index (χ2v) is 9.27. The van der Waals surface area contributed by atoms with Crippen molar-refractivity contribution in [3.63, 3.8) is 0 Å². The molecule has 0 bridgehead atoms. The van der Waals surface area contributed by atoms with Crippen LogP contribution in [0, 0.1) is 12.7 Å². The van der Waals surface area contributed by atoms with E-state index in [-0.39, 0.29) is 17.9 Å². The molecule has 2 aromatic heterocycles. The average Bonchev–Trinajstić information content (AvgIpc) is 3.41. The first-order chi connectivity index (χ1) is 14.8. The van der Waals surface area contributed by atoms with Crippen LogP contribution in [0.25, 0.3) is 0 Å². The molecule has 2 saturated heterocycles. The maximum atomic E-state index is 14.2. The Morgan fingerprint density at radius 3 is 2.90 bits per heavy atom. The van der Waals surface area contributed by atoms with E-state index in [2.05, 4.69) is 37.3 Å². The summed E-state index contributed by atoms with van der Waals surface area (Å²) in [7, 11) is 0. The van der Waals surface area contributed by atoms with Crippen LogP contribution in [0.15, 0.2) is 6.20 Å². The molecule has 2 aromatic rings. The largest absolute Gasteiger partial charge is 0.321 e. The molecular formula is C21H29FN8O. The van der Waals surface area contributed by atoms with Crippen molar-refractivity contribution in [3.05, 3.63) is 29.1 Å². The zero-order chi connectivity index (χ0) is 21.9. The van der Waals surface area contributed by atoms with Gasteiger partial charge in [0.2, 0.25) is 0 Å². The number of amides is 2. The fourth-order valence-electron chi connectivity index (χ4n) is 5.33. The van der Waals surface area contributed by atoms with Crippen LogP contribution in [0.5, 0.6) is 0 Å². The van der Waals surface area contributed by atoms with E-state index in [0.717, 1.165) is 43.5 Å². The number of nitrogens with zero attached hydrogens (tertiary/aromatic N) is 6. The normalized spacial score (nSPS) is 24.9. The summed E-state index contributed by atoms with van der Waals surface area (Å²) in [5, 5.41) is 10.4. The second-order valence-electron chi connectivity index (χ2n) is 9.27. The number of carbonyl (C=O) groups is 1. The fraction of sp³-hybridized carbons (Fsp3) is 0.619. The Hall–Kier alpha value is -2.75. The lowest BCUT2D eigenvalue weighted by Gasteiger charge is -2.46. The fourth-order valence-corrected chi connectivity index (χ4v) is 5.33. The van der Waals surface area contributed by atoms with E-state index in [0.29, 0.717) is 24.2 Å². The van der Waals surface area contributed by atoms with Crippen LogP contribution in [0.3, 0.4) is 0 Å². The molecule has 2 fully saturated rings. The van der Waals surface area contributed by atoms with Gasteiger partial charge in [-0.05, 0) is 47.1 Å². The highest BCUT2D eigenvalue weighted by Crippen LogP contribution is 2.42. The van der Waals surface area contributed by atoms with E-state index in [4.69, 9.17) is 0 Å². The van der Waals surface area contributed by atoms with Crippen molar-refractivity contribution in [2.75, 3.05) is 25.0 Å². The summed E-state index contributed by atoms with van der Waals surface area (Å²) in [6.07, 6.45) is 3.49. The van der Waals surface area contributed by atoms with Gasteiger partial charge in [-0.15, -0.1) is 0 Å². The van der Waals surface area contributed by atoms with E-state index in [1.807, 2.05) is 23.6 Å². The van der Waals surface area contributed by atoms with E-state index in [1.54, 1.807) is 6.92 Å². The Morgan fingerprint density at radius 1 is 1.29 bits per heavy atom. The van der Waals surface area contributed by atoms with Gasteiger partial charge in [0.15, 0.2) is 17.5 Å². The molecule has 166 valence electrons. The second kappa shape index (κ2) is 7.15. The Kier molecular flexibility index (Phi) is 4.65. The lowest BCUT2D eigenvalue weighted by atomic mass is 10.00. The Labute approximate surface area is 181 Å². The Bertz CT molecular complexity index is 1020. The average molecular weight is 429 g/mol. The molecule has 3 aliphatic heterocycles. The van der Waals surface area contributed by atoms with Crippen LogP contribution in [0.1, 0.15) is 50.7 Å². The zero-order valence-electron chi connectivity index (χ0n) is 18.4. The number of hydrogen-bond acceptors (Lipinski definition) is 6. The van der Waals surface area contributed by atoms with Crippen molar-refractivity contribution in [1.82, 2.24) is 34.9 Å². The maximum absolute atomic E-state index is 14.2. The number of carbonyl (C=O) groups excluding carboxylic acids is 1. The smallest absolute Gasteiger partial charge is 0.321 e. The molecule has 0 spiro atoms. The number of aromatic nitrogens is 4. The van der Waals surface area contributed by atoms with Gasteiger partial charge in [0.1, 0.15) is 5.82 Å². The molecule has 2 atom stereocenters. The first-order valence-electron chi connectivity index (χ1n) is 10.9. The van der Waals surface area contributed by atoms with Gasteiger partial charge in [0.25, 0.3) is 0 Å². The van der Waals surface area contributed by atoms with Crippen LogP contribution in [0.4, 0.5) is 20.8 Å². The molecule has 1 unspecified atom stereocenters. The molecule has 0 radical (unpaired) electrons. The SMILES string of the molecule is Cc1ncc(F)c(Nc2n[nH]c3c2CN(C(=O)N2CCN4CCC[C@H]4C2C)C3(C)C)n1. The molecule has 3 aliphatic rings. The van der Waals surface area contributed by atoms with Gasteiger partial charge < -0.3 is 15.1 Å². The summed E-state index contributed by atoms with van der Waals surface area (Å²) in [6, 6.07) is 0.681. The number of hydrogen-bond donors (Lipinski definition) is 2. The molecule has 0 aliphatic carbocycles. The van der Waals surface area contributed by atoms with Gasteiger partial charge in [-0.3, -0.25) is 10.00 Å². The molecule has 9 nitrogen and oxygen atoms in total. The summed E-state index contributed by atoms with van der Waals surface area (Å²) in [4.78, 5) is 28.1. The van der Waals surface area contributed by atoms with Crippen LogP contribution >= 0.6 is 0 Å². The zero-order valence-corrected chi connectivity index (χ0v) is 18.4. The summed E-state index contributed by atoms with van der Waals surface area (Å²) in [6.45, 7) is 11.1. The third kappa shape index (κ3) is 3.15. The maximum Gasteiger partial charge on any atom is 0.321 e. The monoisotopic (exact) mass is 428 g/mol. The highest BCUT2D eigenvalue weighted by atomic mass is 19.1. The number of H-pyrrole nitrogens is 1. The molecule has 31 heavy (non-hydrogen) atoms. The van der Waals surface area contributed by atoms with Crippen LogP contribution in [-0.4, -0.2) is 72.6 Å². The topological polar surface area (TPSA) is 93.3 Å². The van der Waals surface area contributed by atoms with E-state index in [1.165, 1.54) is 6.42 Å². The first kappa shape index (κ1) is 20.2. The first-order valence-corrected chi connectivity index (χ1v) is 10.9. The quantitative estimate of drug-likeness (QED) is 0.764. The summed E-state index contributed by atoms with van der Waals surface area (Å²) in [5.74, 6) is 0.489. The molecular weight excluding hydrogens is 399 g/mol. The van der Waals surface area contributed by atoms with Gasteiger partial charge in [0, 0.05) is 30.7 Å². The summed E-state index contributed by atoms with van der Waals surface area (Å²) < 4.78 is 14.2. The molecule has 0 saturated carbocycles. The van der Waals surface area contributed by atoms with Crippen LogP contribution < -0.4 is 5.32 Å². The van der Waals surface area contributed by atoms with Crippen molar-refractivity contribution in [1.29, 1.82) is 0 Å². The van der Waals surface area contributed by atoms with Crippen molar-refractivity contribution >= 4 is 17.7 Å². The van der Waals surface area contributed by atoms with Crippen molar-refractivity contribution < 1.29 is 9.18 Å². The number of fused-ring (bicyclic) bond motifs is 2. The highest BCUT2D eigenvalue weighted by Gasteiger charge is 2.47. The third-order valence-electron chi connectivity index (χ3n) is 7.14. The molecule has 5 heterocycles. The minimum absolute atomic E-state index is 0.0451. The number of anilines is 2. The minimum Gasteiger partial charge on any atom is -0.321 e. The third-order valence-corrected chi connectivity index (χ3v) is 7.14. The lowest BCUT2D eigenvalue weighted by Crippen LogP contribution is -2.61. The summed E-state index contributed by atoms with van der Waals surface area (Å²) >= 11 is 0. The number of nitrogens with one attached hydrogen (secondary N) is 2. The number of aryl methyl sites for hydroxylation is 1. The standard InChI is InChI=1S/C21H29FN8O/c1-12-16-6-5-7-28(16)8-9-29(12)20(31)30-11-14-17(21(30,3)4)26-27-18(14)25-19-15(22)10-23-13(2)24-19/h10,12,16H,5-9,11H2,1-4H3,(H2,23,24,25,26,27)/t12?,16-/m0/s1. The van der Waals surface area contributed by atoms with Gasteiger partial charge >= 0.3 is 6.03 Å². The van der Waals surface area contributed by atoms with E-state index in [9.17, 15) is 9.18 Å². The van der Waals surface area contributed by atoms with Crippen molar-refractivity contribution in [2.24, 2.45) is 0 Å². The minimum atomic E-state index is -0.550. The number of rotatable bonds is 2. The summed E-state index contributed by atoms with van der Waals surface area (Å²) in [5.41, 5.74) is 1.18. The predicted octanol–water partition coefficient (Wildman–Crippen LogP) is 2.73. The lowest BCUT2D eigenvalue weighted by molar-refractivity contribution is 0.0410. The van der Waals surface area contributed by atoms with Crippen molar-refractivity contribution in [3.8, 4) is 0 Å². The Morgan fingerprint density at radius 2 is 2.10 bits per heavy atom. The van der Waals surface area contributed by atoms with E-state index >= 15 is 0 Å². The predicted molar refractivity (Wildman–Crippen MR) is 113 cm³/mol. The Balaban J connectivity index is 1.39. The molecule has 2 N–H and O–H groups in total. The van der Waals surface area contributed by atoms with Gasteiger partial charge in [-0.25, -0.2) is 19.2 Å². The molecule has 5 rings (SSSR count). The van der Waals surface area contributed by atoms with E-state index < -0.39 is 11.4 Å². The van der Waals surface area contributed by atoms with Crippen molar-refractivity contribution in [2.45, 2.75) is 64.7 Å². The number of aromatic amines is 1. The number of halogens is 1. The van der Waals surface area contributed by atoms with Crippen LogP contribution in [0.2, 0.25) is 0 Å². The van der Waals surface area contributed by atoms with Gasteiger partial charge in [-0.2, -0.15) is 5.10 Å². The molecule has 0 aromatic carbocycles.